The molecule has 0 bridgehead atoms. The predicted octanol–water partition coefficient (Wildman–Crippen LogP) is 3.57. The highest BCUT2D eigenvalue weighted by Crippen LogP contribution is 2.19. The van der Waals surface area contributed by atoms with Crippen LogP contribution in [-0.4, -0.2) is 24.4 Å². The molecule has 0 fully saturated rings. The molecule has 0 N–H and O–H groups in total. The minimum absolute atomic E-state index is 0.0977. The van der Waals surface area contributed by atoms with E-state index in [9.17, 15) is 4.79 Å². The van der Waals surface area contributed by atoms with Crippen LogP contribution in [0.1, 0.15) is 24.2 Å². The summed E-state index contributed by atoms with van der Waals surface area (Å²) in [7, 11) is 1.87. The van der Waals surface area contributed by atoms with Gasteiger partial charge in [0.25, 0.3) is 5.91 Å². The number of nitrogens with zero attached hydrogens (tertiary/aromatic N) is 1. The van der Waals surface area contributed by atoms with Gasteiger partial charge in [0.2, 0.25) is 0 Å². The summed E-state index contributed by atoms with van der Waals surface area (Å²) in [5.41, 5.74) is 0.788. The zero-order valence-corrected chi connectivity index (χ0v) is 11.2. The average Bonchev–Trinajstić information content (AvgIpc) is 2.36. The van der Waals surface area contributed by atoms with E-state index >= 15 is 0 Å². The van der Waals surface area contributed by atoms with E-state index in [1.807, 2.05) is 49.5 Å². The van der Waals surface area contributed by atoms with Gasteiger partial charge in [0, 0.05) is 19.2 Å². The number of hydrogen-bond donors (Lipinski definition) is 0. The first-order valence-electron chi connectivity index (χ1n) is 6.33. The lowest BCUT2D eigenvalue weighted by molar-refractivity contribution is 0.0781. The van der Waals surface area contributed by atoms with Crippen LogP contribution >= 0.6 is 0 Å². The first-order valence-corrected chi connectivity index (χ1v) is 6.33. The Hall–Kier alpha value is -1.83. The fourth-order valence-corrected chi connectivity index (χ4v) is 2.25. The fraction of sp³-hybridized carbons (Fsp3) is 0.312. The van der Waals surface area contributed by atoms with Crippen LogP contribution in [0, 0.1) is 5.92 Å². The smallest absolute Gasteiger partial charge is 0.254 e. The molecule has 0 saturated carbocycles. The summed E-state index contributed by atoms with van der Waals surface area (Å²) in [6, 6.07) is 13.9. The van der Waals surface area contributed by atoms with Gasteiger partial charge in [-0.2, -0.15) is 0 Å². The Balaban J connectivity index is 2.39. The molecule has 18 heavy (non-hydrogen) atoms. The molecule has 0 aromatic heterocycles. The number of benzene rings is 2. The summed E-state index contributed by atoms with van der Waals surface area (Å²) in [4.78, 5) is 14.2. The normalized spacial score (nSPS) is 10.9. The molecular weight excluding hydrogens is 222 g/mol. The Kier molecular flexibility index (Phi) is 3.66. The first-order chi connectivity index (χ1) is 8.59. The Labute approximate surface area is 108 Å². The average molecular weight is 241 g/mol. The van der Waals surface area contributed by atoms with Crippen molar-refractivity contribution in [2.75, 3.05) is 13.6 Å². The topological polar surface area (TPSA) is 20.3 Å². The summed E-state index contributed by atoms with van der Waals surface area (Å²) in [5.74, 6) is 0.578. The molecule has 2 nitrogen and oxygen atoms in total. The first kappa shape index (κ1) is 12.6. The molecule has 0 unspecified atom stereocenters. The molecule has 1 amide bonds. The van der Waals surface area contributed by atoms with Gasteiger partial charge in [0.1, 0.15) is 0 Å². The van der Waals surface area contributed by atoms with E-state index in [0.717, 1.165) is 22.9 Å². The summed E-state index contributed by atoms with van der Waals surface area (Å²) < 4.78 is 0. The Morgan fingerprint density at radius 1 is 1.11 bits per heavy atom. The SMILES string of the molecule is CC(C)CN(C)C(=O)c1cccc2ccccc12. The van der Waals surface area contributed by atoms with E-state index in [1.165, 1.54) is 0 Å². The molecule has 0 spiro atoms. The second-order valence-electron chi connectivity index (χ2n) is 5.11. The van der Waals surface area contributed by atoms with Gasteiger partial charge in [-0.1, -0.05) is 50.2 Å². The standard InChI is InChI=1S/C16H19NO/c1-12(2)11-17(3)16(18)15-10-6-8-13-7-4-5-9-14(13)15/h4-10,12H,11H2,1-3H3. The van der Waals surface area contributed by atoms with Crippen molar-refractivity contribution >= 4 is 16.7 Å². The van der Waals surface area contributed by atoms with Crippen LogP contribution in [0.15, 0.2) is 42.5 Å². The highest BCUT2D eigenvalue weighted by molar-refractivity contribution is 6.06. The number of amides is 1. The Bertz CT molecular complexity index is 555. The third-order valence-electron chi connectivity index (χ3n) is 3.01. The maximum atomic E-state index is 12.4. The van der Waals surface area contributed by atoms with Crippen LogP contribution in [0.5, 0.6) is 0 Å². The molecule has 2 aromatic rings. The van der Waals surface area contributed by atoms with Gasteiger partial charge < -0.3 is 4.90 Å². The molecule has 0 aliphatic carbocycles. The summed E-state index contributed by atoms with van der Waals surface area (Å²) in [5, 5.41) is 2.14. The molecule has 0 aliphatic heterocycles. The van der Waals surface area contributed by atoms with Crippen molar-refractivity contribution in [3.8, 4) is 0 Å². The number of hydrogen-bond acceptors (Lipinski definition) is 1. The van der Waals surface area contributed by atoms with Gasteiger partial charge >= 0.3 is 0 Å². The highest BCUT2D eigenvalue weighted by atomic mass is 16.2. The number of carbonyl (C=O) groups excluding carboxylic acids is 1. The zero-order chi connectivity index (χ0) is 13.1. The van der Waals surface area contributed by atoms with Gasteiger partial charge in [-0.25, -0.2) is 0 Å². The third kappa shape index (κ3) is 2.53. The maximum absolute atomic E-state index is 12.4. The van der Waals surface area contributed by atoms with Gasteiger partial charge in [0.15, 0.2) is 0 Å². The number of fused-ring (bicyclic) bond motifs is 1. The molecule has 0 saturated heterocycles. The lowest BCUT2D eigenvalue weighted by Crippen LogP contribution is -2.30. The monoisotopic (exact) mass is 241 g/mol. The summed E-state index contributed by atoms with van der Waals surface area (Å²) in [6.45, 7) is 5.02. The second kappa shape index (κ2) is 5.21. The molecule has 0 heterocycles. The van der Waals surface area contributed by atoms with Crippen molar-refractivity contribution in [3.63, 3.8) is 0 Å². The molecule has 0 atom stereocenters. The zero-order valence-electron chi connectivity index (χ0n) is 11.2. The minimum Gasteiger partial charge on any atom is -0.341 e. The van der Waals surface area contributed by atoms with Crippen LogP contribution < -0.4 is 0 Å². The molecule has 2 rings (SSSR count). The van der Waals surface area contributed by atoms with E-state index in [-0.39, 0.29) is 5.91 Å². The number of rotatable bonds is 3. The van der Waals surface area contributed by atoms with E-state index in [0.29, 0.717) is 5.92 Å². The lowest BCUT2D eigenvalue weighted by Gasteiger charge is -2.20. The van der Waals surface area contributed by atoms with Crippen molar-refractivity contribution in [2.24, 2.45) is 5.92 Å². The van der Waals surface area contributed by atoms with Crippen molar-refractivity contribution in [3.05, 3.63) is 48.0 Å². The van der Waals surface area contributed by atoms with E-state index in [1.54, 1.807) is 4.90 Å². The van der Waals surface area contributed by atoms with Crippen molar-refractivity contribution < 1.29 is 4.79 Å². The minimum atomic E-state index is 0.0977. The predicted molar refractivity (Wildman–Crippen MR) is 75.7 cm³/mol. The second-order valence-corrected chi connectivity index (χ2v) is 5.11. The third-order valence-corrected chi connectivity index (χ3v) is 3.01. The van der Waals surface area contributed by atoms with Crippen molar-refractivity contribution in [2.45, 2.75) is 13.8 Å². The Morgan fingerprint density at radius 3 is 2.50 bits per heavy atom. The quantitative estimate of drug-likeness (QED) is 0.804. The van der Waals surface area contributed by atoms with Crippen molar-refractivity contribution in [1.82, 2.24) is 4.90 Å². The summed E-state index contributed by atoms with van der Waals surface area (Å²) >= 11 is 0. The van der Waals surface area contributed by atoms with E-state index in [2.05, 4.69) is 13.8 Å². The van der Waals surface area contributed by atoms with Gasteiger partial charge in [-0.15, -0.1) is 0 Å². The fourth-order valence-electron chi connectivity index (χ4n) is 2.25. The molecule has 2 aromatic carbocycles. The largest absolute Gasteiger partial charge is 0.341 e. The van der Waals surface area contributed by atoms with E-state index in [4.69, 9.17) is 0 Å². The molecule has 0 radical (unpaired) electrons. The number of carbonyl (C=O) groups is 1. The van der Waals surface area contributed by atoms with Gasteiger partial charge in [-0.05, 0) is 22.8 Å². The van der Waals surface area contributed by atoms with Crippen LogP contribution in [0.4, 0.5) is 0 Å². The molecule has 0 aliphatic rings. The van der Waals surface area contributed by atoms with Crippen LogP contribution in [0.2, 0.25) is 0 Å². The Morgan fingerprint density at radius 2 is 1.78 bits per heavy atom. The van der Waals surface area contributed by atoms with Crippen molar-refractivity contribution in [1.29, 1.82) is 0 Å². The van der Waals surface area contributed by atoms with Crippen LogP contribution in [-0.2, 0) is 0 Å². The molecular formula is C16H19NO. The molecule has 94 valence electrons. The van der Waals surface area contributed by atoms with Crippen LogP contribution in [0.3, 0.4) is 0 Å². The van der Waals surface area contributed by atoms with E-state index < -0.39 is 0 Å². The molecule has 2 heteroatoms. The van der Waals surface area contributed by atoms with Crippen LogP contribution in [0.25, 0.3) is 10.8 Å². The highest BCUT2D eigenvalue weighted by Gasteiger charge is 2.14. The summed E-state index contributed by atoms with van der Waals surface area (Å²) in [6.07, 6.45) is 0. The lowest BCUT2D eigenvalue weighted by atomic mass is 10.0. The maximum Gasteiger partial charge on any atom is 0.254 e. The van der Waals surface area contributed by atoms with Gasteiger partial charge in [0.05, 0.1) is 0 Å². The van der Waals surface area contributed by atoms with Gasteiger partial charge in [-0.3, -0.25) is 4.79 Å².